The van der Waals surface area contributed by atoms with Crippen molar-refractivity contribution in [2.75, 3.05) is 23.7 Å². The number of hydrogen-bond donors (Lipinski definition) is 3. The van der Waals surface area contributed by atoms with Gasteiger partial charge in [-0.15, -0.1) is 0 Å². The molecule has 1 aromatic rings. The maximum absolute atomic E-state index is 11.0. The van der Waals surface area contributed by atoms with E-state index in [0.29, 0.717) is 5.69 Å². The van der Waals surface area contributed by atoms with Crippen LogP contribution in [0.2, 0.25) is 10.0 Å². The van der Waals surface area contributed by atoms with E-state index in [9.17, 15) is 9.59 Å². The zero-order valence-electron chi connectivity index (χ0n) is 9.32. The lowest BCUT2D eigenvalue weighted by Crippen LogP contribution is -2.40. The minimum Gasteiger partial charge on any atom is -0.397 e. The molecule has 0 saturated carbocycles. The van der Waals surface area contributed by atoms with Crippen molar-refractivity contribution in [1.29, 1.82) is 0 Å². The van der Waals surface area contributed by atoms with Crippen LogP contribution in [0.3, 0.4) is 0 Å². The molecule has 0 aromatic heterocycles. The van der Waals surface area contributed by atoms with Gasteiger partial charge in [0, 0.05) is 0 Å². The molecule has 0 aliphatic carbocycles. The number of benzene rings is 1. The molecule has 1 rings (SSSR count). The Balaban J connectivity index is 3.15. The predicted molar refractivity (Wildman–Crippen MR) is 71.5 cm³/mol. The number of nitrogens with two attached hydrogens (primary N) is 3. The van der Waals surface area contributed by atoms with Gasteiger partial charge in [-0.05, 0) is 12.1 Å². The van der Waals surface area contributed by atoms with E-state index in [1.807, 2.05) is 0 Å². The van der Waals surface area contributed by atoms with Crippen LogP contribution in [0, 0.1) is 0 Å². The highest BCUT2D eigenvalue weighted by atomic mass is 35.5. The van der Waals surface area contributed by atoms with E-state index in [1.54, 1.807) is 0 Å². The molecular weight excluding hydrogens is 279 g/mol. The lowest BCUT2D eigenvalue weighted by molar-refractivity contribution is -0.117. The van der Waals surface area contributed by atoms with Gasteiger partial charge >= 0.3 is 0 Å². The van der Waals surface area contributed by atoms with Crippen LogP contribution >= 0.6 is 23.2 Å². The summed E-state index contributed by atoms with van der Waals surface area (Å²) in [6.45, 7) is -0.407. The average molecular weight is 291 g/mol. The molecule has 0 atom stereocenters. The van der Waals surface area contributed by atoms with E-state index in [1.165, 1.54) is 17.0 Å². The molecule has 1 aromatic carbocycles. The number of carbonyl (C=O) groups excluding carboxylic acids is 2. The van der Waals surface area contributed by atoms with Crippen LogP contribution < -0.4 is 22.1 Å². The quantitative estimate of drug-likeness (QED) is 0.679. The fourth-order valence-electron chi connectivity index (χ4n) is 1.43. The SMILES string of the molecule is NC(=O)CN(CC(N)=O)c1cc(Cl)c(Cl)cc1N. The molecular formula is C10H12Cl2N4O2. The lowest BCUT2D eigenvalue weighted by Gasteiger charge is -2.23. The minimum absolute atomic E-state index is 0.203. The van der Waals surface area contributed by atoms with E-state index >= 15 is 0 Å². The Bertz CT molecular complexity index is 477. The standard InChI is InChI=1S/C10H12Cl2N4O2/c11-5-1-7(13)8(2-6(5)12)16(3-9(14)17)4-10(15)18/h1-2H,3-4,13H2,(H2,14,17)(H2,15,18). The van der Waals surface area contributed by atoms with Crippen LogP contribution in [0.5, 0.6) is 0 Å². The topological polar surface area (TPSA) is 115 Å². The van der Waals surface area contributed by atoms with Crippen molar-refractivity contribution in [3.05, 3.63) is 22.2 Å². The van der Waals surface area contributed by atoms with Crippen molar-refractivity contribution >= 4 is 46.4 Å². The van der Waals surface area contributed by atoms with Crippen LogP contribution in [0.15, 0.2) is 12.1 Å². The summed E-state index contributed by atoms with van der Waals surface area (Å²) in [6.07, 6.45) is 0. The molecule has 8 heteroatoms. The third-order valence-corrected chi connectivity index (χ3v) is 2.83. The van der Waals surface area contributed by atoms with Gasteiger partial charge in [0.05, 0.1) is 34.5 Å². The number of carbonyl (C=O) groups is 2. The number of rotatable bonds is 5. The molecule has 0 aliphatic heterocycles. The van der Waals surface area contributed by atoms with Crippen molar-refractivity contribution in [3.8, 4) is 0 Å². The first-order valence-corrected chi connectivity index (χ1v) is 5.63. The molecule has 0 spiro atoms. The summed E-state index contributed by atoms with van der Waals surface area (Å²) < 4.78 is 0. The number of halogens is 2. The molecule has 0 unspecified atom stereocenters. The first kappa shape index (κ1) is 14.4. The fraction of sp³-hybridized carbons (Fsp3) is 0.200. The molecule has 6 N–H and O–H groups in total. The second-order valence-corrected chi connectivity index (χ2v) is 4.43. The summed E-state index contributed by atoms with van der Waals surface area (Å²) in [4.78, 5) is 23.2. The van der Waals surface area contributed by atoms with Crippen molar-refractivity contribution in [2.45, 2.75) is 0 Å². The van der Waals surface area contributed by atoms with Gasteiger partial charge in [-0.2, -0.15) is 0 Å². The third kappa shape index (κ3) is 3.68. The van der Waals surface area contributed by atoms with Gasteiger partial charge in [0.25, 0.3) is 0 Å². The third-order valence-electron chi connectivity index (χ3n) is 2.10. The number of hydrogen-bond acceptors (Lipinski definition) is 4. The van der Waals surface area contributed by atoms with Crippen molar-refractivity contribution in [3.63, 3.8) is 0 Å². The van der Waals surface area contributed by atoms with Gasteiger partial charge in [-0.1, -0.05) is 23.2 Å². The normalized spacial score (nSPS) is 10.1. The highest BCUT2D eigenvalue weighted by Crippen LogP contribution is 2.32. The maximum Gasteiger partial charge on any atom is 0.236 e. The Kier molecular flexibility index (Phi) is 4.63. The van der Waals surface area contributed by atoms with Crippen LogP contribution in [0.1, 0.15) is 0 Å². The second-order valence-electron chi connectivity index (χ2n) is 3.61. The van der Waals surface area contributed by atoms with E-state index < -0.39 is 11.8 Å². The van der Waals surface area contributed by atoms with Gasteiger partial charge in [0.2, 0.25) is 11.8 Å². The van der Waals surface area contributed by atoms with Crippen molar-refractivity contribution in [2.24, 2.45) is 11.5 Å². The monoisotopic (exact) mass is 290 g/mol. The molecule has 0 heterocycles. The van der Waals surface area contributed by atoms with Gasteiger partial charge in [0.1, 0.15) is 0 Å². The summed E-state index contributed by atoms with van der Waals surface area (Å²) in [5, 5.41) is 0.524. The fourth-order valence-corrected chi connectivity index (χ4v) is 1.76. The number of primary amides is 2. The summed E-state index contributed by atoms with van der Waals surface area (Å²) in [6, 6.07) is 2.87. The highest BCUT2D eigenvalue weighted by molar-refractivity contribution is 6.42. The average Bonchev–Trinajstić information content (AvgIpc) is 2.21. The molecule has 0 radical (unpaired) electrons. The van der Waals surface area contributed by atoms with Gasteiger partial charge in [-0.25, -0.2) is 0 Å². The molecule has 98 valence electrons. The summed E-state index contributed by atoms with van der Waals surface area (Å²) in [5.74, 6) is -1.25. The first-order chi connectivity index (χ1) is 8.31. The highest BCUT2D eigenvalue weighted by Gasteiger charge is 2.16. The molecule has 18 heavy (non-hydrogen) atoms. The van der Waals surface area contributed by atoms with Crippen molar-refractivity contribution < 1.29 is 9.59 Å². The lowest BCUT2D eigenvalue weighted by atomic mass is 10.2. The largest absolute Gasteiger partial charge is 0.397 e. The maximum atomic E-state index is 11.0. The Morgan fingerprint density at radius 3 is 1.94 bits per heavy atom. The Morgan fingerprint density at radius 1 is 1.06 bits per heavy atom. The number of nitrogens with zero attached hydrogens (tertiary/aromatic N) is 1. The molecule has 0 aliphatic rings. The summed E-state index contributed by atoms with van der Waals surface area (Å²) in [5.41, 5.74) is 16.6. The Labute approximate surface area is 114 Å². The summed E-state index contributed by atoms with van der Waals surface area (Å²) in [7, 11) is 0. The van der Waals surface area contributed by atoms with Crippen LogP contribution in [-0.4, -0.2) is 24.9 Å². The zero-order valence-corrected chi connectivity index (χ0v) is 10.8. The van der Waals surface area contributed by atoms with E-state index in [0.717, 1.165) is 0 Å². The minimum atomic E-state index is -0.623. The number of nitrogen functional groups attached to an aromatic ring is 1. The zero-order chi connectivity index (χ0) is 13.9. The van der Waals surface area contributed by atoms with Crippen molar-refractivity contribution in [1.82, 2.24) is 0 Å². The number of anilines is 2. The molecule has 0 saturated heterocycles. The van der Waals surface area contributed by atoms with E-state index in [2.05, 4.69) is 0 Å². The predicted octanol–water partition coefficient (Wildman–Crippen LogP) is 0.353. The van der Waals surface area contributed by atoms with Crippen LogP contribution in [0.4, 0.5) is 11.4 Å². The van der Waals surface area contributed by atoms with E-state index in [-0.39, 0.29) is 28.8 Å². The molecule has 0 bridgehead atoms. The Hall–Kier alpha value is -1.66. The smallest absolute Gasteiger partial charge is 0.236 e. The van der Waals surface area contributed by atoms with Crippen LogP contribution in [-0.2, 0) is 9.59 Å². The molecule has 2 amide bonds. The van der Waals surface area contributed by atoms with Gasteiger partial charge in [0.15, 0.2) is 0 Å². The van der Waals surface area contributed by atoms with E-state index in [4.69, 9.17) is 40.4 Å². The molecule has 0 fully saturated rings. The first-order valence-electron chi connectivity index (χ1n) is 4.87. The second kappa shape index (κ2) is 5.79. The van der Waals surface area contributed by atoms with Gasteiger partial charge < -0.3 is 22.1 Å². The summed E-state index contributed by atoms with van der Waals surface area (Å²) >= 11 is 11.6. The van der Waals surface area contributed by atoms with Gasteiger partial charge in [-0.3, -0.25) is 9.59 Å². The van der Waals surface area contributed by atoms with Crippen LogP contribution in [0.25, 0.3) is 0 Å². The Morgan fingerprint density at radius 2 is 1.50 bits per heavy atom. The molecule has 6 nitrogen and oxygen atoms in total. The number of amides is 2.